The maximum atomic E-state index is 10.8. The minimum atomic E-state index is -0.937. The van der Waals surface area contributed by atoms with Gasteiger partial charge in [-0.05, 0) is 37.1 Å². The average molecular weight is 253 g/mol. The standard InChI is InChI=1S/C13H19NO4/c1-9-7-10(13(16)17)3-4-12(9)14-11(5-6-15)8-18-2/h3-4,7,11,14-15H,5-6,8H2,1-2H3,(H,16,17). The van der Waals surface area contributed by atoms with Gasteiger partial charge >= 0.3 is 5.97 Å². The van der Waals surface area contributed by atoms with Crippen LogP contribution < -0.4 is 5.32 Å². The molecule has 0 aliphatic heterocycles. The topological polar surface area (TPSA) is 78.8 Å². The van der Waals surface area contributed by atoms with E-state index in [2.05, 4.69) is 5.32 Å². The van der Waals surface area contributed by atoms with E-state index in [1.807, 2.05) is 6.92 Å². The van der Waals surface area contributed by atoms with Crippen LogP contribution in [0.3, 0.4) is 0 Å². The maximum Gasteiger partial charge on any atom is 0.335 e. The van der Waals surface area contributed by atoms with Crippen molar-refractivity contribution in [3.8, 4) is 0 Å². The Morgan fingerprint density at radius 3 is 2.72 bits per heavy atom. The van der Waals surface area contributed by atoms with Gasteiger partial charge in [-0.2, -0.15) is 0 Å². The second kappa shape index (κ2) is 6.98. The van der Waals surface area contributed by atoms with Crippen molar-refractivity contribution < 1.29 is 19.7 Å². The molecule has 18 heavy (non-hydrogen) atoms. The van der Waals surface area contributed by atoms with Crippen molar-refractivity contribution in [2.24, 2.45) is 0 Å². The van der Waals surface area contributed by atoms with Crippen molar-refractivity contribution in [2.45, 2.75) is 19.4 Å². The number of carbonyl (C=O) groups is 1. The number of ether oxygens (including phenoxy) is 1. The number of rotatable bonds is 7. The molecule has 0 amide bonds. The van der Waals surface area contributed by atoms with E-state index in [0.717, 1.165) is 11.3 Å². The fourth-order valence-corrected chi connectivity index (χ4v) is 1.73. The van der Waals surface area contributed by atoms with Crippen LogP contribution in [0.2, 0.25) is 0 Å². The van der Waals surface area contributed by atoms with E-state index in [4.69, 9.17) is 14.9 Å². The van der Waals surface area contributed by atoms with Crippen molar-refractivity contribution in [1.82, 2.24) is 0 Å². The van der Waals surface area contributed by atoms with Crippen LogP contribution in [0.4, 0.5) is 5.69 Å². The fraction of sp³-hybridized carbons (Fsp3) is 0.462. The van der Waals surface area contributed by atoms with Crippen LogP contribution in [0.15, 0.2) is 18.2 Å². The Labute approximate surface area is 106 Å². The fourth-order valence-electron chi connectivity index (χ4n) is 1.73. The molecule has 1 atom stereocenters. The van der Waals surface area contributed by atoms with Crippen molar-refractivity contribution >= 4 is 11.7 Å². The Morgan fingerprint density at radius 2 is 2.22 bits per heavy atom. The summed E-state index contributed by atoms with van der Waals surface area (Å²) in [5.74, 6) is -0.937. The number of aliphatic hydroxyl groups excluding tert-OH is 1. The first-order chi connectivity index (χ1) is 8.58. The highest BCUT2D eigenvalue weighted by Crippen LogP contribution is 2.18. The molecule has 1 rings (SSSR count). The lowest BCUT2D eigenvalue weighted by Gasteiger charge is -2.19. The smallest absolute Gasteiger partial charge is 0.335 e. The zero-order valence-electron chi connectivity index (χ0n) is 10.6. The SMILES string of the molecule is COCC(CCO)Nc1ccc(C(=O)O)cc1C. The molecule has 100 valence electrons. The van der Waals surface area contributed by atoms with E-state index >= 15 is 0 Å². The lowest BCUT2D eigenvalue weighted by molar-refractivity contribution is 0.0697. The van der Waals surface area contributed by atoms with Crippen molar-refractivity contribution in [2.75, 3.05) is 25.6 Å². The predicted octanol–water partition coefficient (Wildman–Crippen LogP) is 1.50. The summed E-state index contributed by atoms with van der Waals surface area (Å²) in [6, 6.07) is 4.92. The Bertz CT molecular complexity index is 400. The zero-order valence-corrected chi connectivity index (χ0v) is 10.6. The summed E-state index contributed by atoms with van der Waals surface area (Å²) in [5, 5.41) is 21.1. The second-order valence-electron chi connectivity index (χ2n) is 4.14. The molecule has 0 saturated heterocycles. The van der Waals surface area contributed by atoms with Gasteiger partial charge in [0, 0.05) is 19.4 Å². The third-order valence-electron chi connectivity index (χ3n) is 2.68. The number of methoxy groups -OCH3 is 1. The lowest BCUT2D eigenvalue weighted by atomic mass is 10.1. The molecule has 0 fully saturated rings. The molecule has 0 aliphatic carbocycles. The molecular weight excluding hydrogens is 234 g/mol. The molecule has 3 N–H and O–H groups in total. The number of hydrogen-bond acceptors (Lipinski definition) is 4. The summed E-state index contributed by atoms with van der Waals surface area (Å²) in [7, 11) is 1.60. The van der Waals surface area contributed by atoms with E-state index in [1.165, 1.54) is 0 Å². The van der Waals surface area contributed by atoms with Crippen LogP contribution in [-0.4, -0.2) is 42.5 Å². The number of aryl methyl sites for hydroxylation is 1. The molecule has 0 saturated carbocycles. The van der Waals surface area contributed by atoms with Crippen molar-refractivity contribution in [3.05, 3.63) is 29.3 Å². The summed E-state index contributed by atoms with van der Waals surface area (Å²) >= 11 is 0. The number of aromatic carboxylic acids is 1. The lowest BCUT2D eigenvalue weighted by Crippen LogP contribution is -2.26. The van der Waals surface area contributed by atoms with E-state index < -0.39 is 5.97 Å². The molecule has 0 spiro atoms. The summed E-state index contributed by atoms with van der Waals surface area (Å²) in [4.78, 5) is 10.8. The van der Waals surface area contributed by atoms with Crippen LogP contribution in [0, 0.1) is 6.92 Å². The average Bonchev–Trinajstić information content (AvgIpc) is 2.32. The van der Waals surface area contributed by atoms with Gasteiger partial charge in [-0.15, -0.1) is 0 Å². The van der Waals surface area contributed by atoms with Crippen LogP contribution in [-0.2, 0) is 4.74 Å². The first-order valence-electron chi connectivity index (χ1n) is 5.78. The van der Waals surface area contributed by atoms with Gasteiger partial charge in [0.15, 0.2) is 0 Å². The first-order valence-corrected chi connectivity index (χ1v) is 5.78. The van der Waals surface area contributed by atoms with Gasteiger partial charge in [-0.25, -0.2) is 4.79 Å². The molecular formula is C13H19NO4. The molecule has 5 nitrogen and oxygen atoms in total. The van der Waals surface area contributed by atoms with Crippen molar-refractivity contribution in [3.63, 3.8) is 0 Å². The monoisotopic (exact) mass is 253 g/mol. The number of carboxylic acids is 1. The molecule has 5 heteroatoms. The zero-order chi connectivity index (χ0) is 13.5. The minimum Gasteiger partial charge on any atom is -0.478 e. The first kappa shape index (κ1) is 14.5. The molecule has 0 aromatic heterocycles. The molecule has 1 aromatic carbocycles. The highest BCUT2D eigenvalue weighted by atomic mass is 16.5. The van der Waals surface area contributed by atoms with Gasteiger partial charge < -0.3 is 20.3 Å². The van der Waals surface area contributed by atoms with Gasteiger partial charge in [0.2, 0.25) is 0 Å². The number of benzene rings is 1. The molecule has 0 bridgehead atoms. The Balaban J connectivity index is 2.79. The Morgan fingerprint density at radius 1 is 1.50 bits per heavy atom. The highest BCUT2D eigenvalue weighted by molar-refractivity contribution is 5.88. The molecule has 1 unspecified atom stereocenters. The minimum absolute atomic E-state index is 0.00868. The Kier molecular flexibility index (Phi) is 5.61. The number of carboxylic acid groups (broad SMARTS) is 1. The number of nitrogens with one attached hydrogen (secondary N) is 1. The number of hydrogen-bond donors (Lipinski definition) is 3. The van der Waals surface area contributed by atoms with E-state index in [9.17, 15) is 4.79 Å². The molecule has 1 aromatic rings. The number of aliphatic hydroxyl groups is 1. The van der Waals surface area contributed by atoms with E-state index in [-0.39, 0.29) is 18.2 Å². The summed E-state index contributed by atoms with van der Waals surface area (Å²) in [6.07, 6.45) is 0.577. The quantitative estimate of drug-likeness (QED) is 0.686. The van der Waals surface area contributed by atoms with Gasteiger partial charge in [0.25, 0.3) is 0 Å². The van der Waals surface area contributed by atoms with Gasteiger partial charge in [-0.1, -0.05) is 0 Å². The molecule has 0 radical (unpaired) electrons. The van der Waals surface area contributed by atoms with E-state index in [1.54, 1.807) is 25.3 Å². The normalized spacial score (nSPS) is 12.2. The van der Waals surface area contributed by atoms with Crippen LogP contribution in [0.5, 0.6) is 0 Å². The summed E-state index contributed by atoms with van der Waals surface area (Å²) in [6.45, 7) is 2.41. The predicted molar refractivity (Wildman–Crippen MR) is 69.1 cm³/mol. The summed E-state index contributed by atoms with van der Waals surface area (Å²) < 4.78 is 5.06. The Hall–Kier alpha value is -1.59. The highest BCUT2D eigenvalue weighted by Gasteiger charge is 2.10. The van der Waals surface area contributed by atoms with Gasteiger partial charge in [0.05, 0.1) is 18.2 Å². The van der Waals surface area contributed by atoms with Crippen molar-refractivity contribution in [1.29, 1.82) is 0 Å². The third-order valence-corrected chi connectivity index (χ3v) is 2.68. The van der Waals surface area contributed by atoms with Crippen LogP contribution >= 0.6 is 0 Å². The van der Waals surface area contributed by atoms with E-state index in [0.29, 0.717) is 13.0 Å². The maximum absolute atomic E-state index is 10.8. The summed E-state index contributed by atoms with van der Waals surface area (Å²) in [5.41, 5.74) is 1.98. The van der Waals surface area contributed by atoms with Crippen LogP contribution in [0.25, 0.3) is 0 Å². The number of anilines is 1. The van der Waals surface area contributed by atoms with Gasteiger partial charge in [0.1, 0.15) is 0 Å². The van der Waals surface area contributed by atoms with Gasteiger partial charge in [-0.3, -0.25) is 0 Å². The molecule has 0 heterocycles. The second-order valence-corrected chi connectivity index (χ2v) is 4.14. The third kappa shape index (κ3) is 4.01. The van der Waals surface area contributed by atoms with Crippen LogP contribution in [0.1, 0.15) is 22.3 Å². The largest absolute Gasteiger partial charge is 0.478 e. The molecule has 0 aliphatic rings.